The summed E-state index contributed by atoms with van der Waals surface area (Å²) in [6, 6.07) is 0. The van der Waals surface area contributed by atoms with Crippen molar-refractivity contribution in [3.05, 3.63) is 0 Å². The van der Waals surface area contributed by atoms with Gasteiger partial charge in [0.05, 0.1) is 0 Å². The van der Waals surface area contributed by atoms with Crippen LogP contribution in [0.3, 0.4) is 0 Å². The van der Waals surface area contributed by atoms with Crippen LogP contribution >= 0.6 is 7.82 Å². The van der Waals surface area contributed by atoms with Crippen molar-refractivity contribution in [1.29, 1.82) is 0 Å². The molecule has 0 bridgehead atoms. The maximum atomic E-state index is 10.8. The zero-order chi connectivity index (χ0) is 15.3. The van der Waals surface area contributed by atoms with E-state index in [0.717, 1.165) is 12.8 Å². The highest BCUT2D eigenvalue weighted by Crippen LogP contribution is 2.38. The molecule has 1 atom stereocenters. The normalized spacial score (nSPS) is 13.6. The standard InChI is InChI=1S/C14H31O5P/c1-3-5-6-7-8-9-10-11-12-13-14(18-4-2)19-20(15,16)17/h14H,3-13H2,1-2H3,(H2,15,16,17). The Balaban J connectivity index is 3.51. The average Bonchev–Trinajstić information content (AvgIpc) is 2.35. The van der Waals surface area contributed by atoms with Gasteiger partial charge in [-0.3, -0.25) is 4.52 Å². The lowest BCUT2D eigenvalue weighted by atomic mass is 10.1. The Labute approximate surface area is 123 Å². The van der Waals surface area contributed by atoms with Crippen molar-refractivity contribution in [3.8, 4) is 0 Å². The van der Waals surface area contributed by atoms with Gasteiger partial charge in [-0.25, -0.2) is 4.57 Å². The minimum absolute atomic E-state index is 0.391. The summed E-state index contributed by atoms with van der Waals surface area (Å²) in [5, 5.41) is 0. The molecule has 0 rings (SSSR count). The summed E-state index contributed by atoms with van der Waals surface area (Å²) in [4.78, 5) is 17.5. The van der Waals surface area contributed by atoms with Gasteiger partial charge in [0, 0.05) is 6.61 Å². The Morgan fingerprint density at radius 3 is 1.85 bits per heavy atom. The van der Waals surface area contributed by atoms with Gasteiger partial charge in [-0.15, -0.1) is 0 Å². The number of hydrogen-bond donors (Lipinski definition) is 2. The first kappa shape index (κ1) is 20.1. The van der Waals surface area contributed by atoms with Gasteiger partial charge in [0.1, 0.15) is 0 Å². The molecule has 1 unspecified atom stereocenters. The van der Waals surface area contributed by atoms with Gasteiger partial charge in [0.15, 0.2) is 6.29 Å². The van der Waals surface area contributed by atoms with Crippen LogP contribution in [-0.4, -0.2) is 22.7 Å². The van der Waals surface area contributed by atoms with E-state index in [9.17, 15) is 4.57 Å². The summed E-state index contributed by atoms with van der Waals surface area (Å²) in [6.07, 6.45) is 10.6. The molecule has 0 aliphatic rings. The zero-order valence-corrected chi connectivity index (χ0v) is 13.8. The van der Waals surface area contributed by atoms with Crippen LogP contribution < -0.4 is 0 Å². The maximum absolute atomic E-state index is 10.8. The molecule has 0 radical (unpaired) electrons. The molecule has 0 aromatic carbocycles. The molecule has 122 valence electrons. The van der Waals surface area contributed by atoms with Crippen LogP contribution in [0.15, 0.2) is 0 Å². The van der Waals surface area contributed by atoms with E-state index >= 15 is 0 Å². The van der Waals surface area contributed by atoms with Crippen molar-refractivity contribution < 1.29 is 23.6 Å². The third-order valence-corrected chi connectivity index (χ3v) is 3.66. The van der Waals surface area contributed by atoms with Crippen molar-refractivity contribution in [1.82, 2.24) is 0 Å². The summed E-state index contributed by atoms with van der Waals surface area (Å²) < 4.78 is 20.5. The minimum Gasteiger partial charge on any atom is -0.352 e. The van der Waals surface area contributed by atoms with Crippen LogP contribution in [0.5, 0.6) is 0 Å². The highest BCUT2D eigenvalue weighted by atomic mass is 31.2. The average molecular weight is 310 g/mol. The molecule has 0 amide bonds. The van der Waals surface area contributed by atoms with E-state index < -0.39 is 14.1 Å². The van der Waals surface area contributed by atoms with E-state index in [0.29, 0.717) is 13.0 Å². The molecule has 0 aromatic heterocycles. The molecular formula is C14H31O5P. The lowest BCUT2D eigenvalue weighted by molar-refractivity contribution is -0.0929. The summed E-state index contributed by atoms with van der Waals surface area (Å²) >= 11 is 0. The SMILES string of the molecule is CCCCCCCCCCCC(OCC)OP(=O)(O)O. The van der Waals surface area contributed by atoms with E-state index in [1.165, 1.54) is 44.9 Å². The third-order valence-electron chi connectivity index (χ3n) is 3.15. The van der Waals surface area contributed by atoms with Crippen molar-refractivity contribution >= 4 is 7.82 Å². The van der Waals surface area contributed by atoms with Crippen LogP contribution in [0, 0.1) is 0 Å². The molecule has 0 saturated heterocycles. The fourth-order valence-corrected chi connectivity index (χ4v) is 2.60. The first-order valence-corrected chi connectivity index (χ1v) is 9.38. The quantitative estimate of drug-likeness (QED) is 0.283. The number of unbranched alkanes of at least 4 members (excludes halogenated alkanes) is 8. The number of phosphoric acid groups is 1. The molecule has 0 heterocycles. The summed E-state index contributed by atoms with van der Waals surface area (Å²) in [5.41, 5.74) is 0. The Morgan fingerprint density at radius 2 is 1.40 bits per heavy atom. The third kappa shape index (κ3) is 14.5. The van der Waals surface area contributed by atoms with Gasteiger partial charge in [-0.1, -0.05) is 58.3 Å². The molecular weight excluding hydrogens is 279 g/mol. The fraction of sp³-hybridized carbons (Fsp3) is 1.00. The Bertz CT molecular complexity index is 254. The van der Waals surface area contributed by atoms with E-state index in [1.54, 1.807) is 6.92 Å². The highest BCUT2D eigenvalue weighted by molar-refractivity contribution is 7.46. The summed E-state index contributed by atoms with van der Waals surface area (Å²) in [6.45, 7) is 4.39. The first-order chi connectivity index (χ1) is 9.49. The lowest BCUT2D eigenvalue weighted by Crippen LogP contribution is -2.15. The van der Waals surface area contributed by atoms with Gasteiger partial charge in [0.2, 0.25) is 0 Å². The van der Waals surface area contributed by atoms with E-state index in [1.807, 2.05) is 0 Å². The zero-order valence-electron chi connectivity index (χ0n) is 12.9. The minimum atomic E-state index is -4.45. The summed E-state index contributed by atoms with van der Waals surface area (Å²) in [5.74, 6) is 0. The molecule has 0 aliphatic carbocycles. The highest BCUT2D eigenvalue weighted by Gasteiger charge is 2.21. The Hall–Kier alpha value is 0.0700. The predicted molar refractivity (Wildman–Crippen MR) is 80.4 cm³/mol. The molecule has 20 heavy (non-hydrogen) atoms. The van der Waals surface area contributed by atoms with Gasteiger partial charge in [0.25, 0.3) is 0 Å². The number of hydrogen-bond acceptors (Lipinski definition) is 3. The topological polar surface area (TPSA) is 76.0 Å². The second-order valence-electron chi connectivity index (χ2n) is 5.10. The van der Waals surface area contributed by atoms with Crippen molar-refractivity contribution in [2.24, 2.45) is 0 Å². The molecule has 2 N–H and O–H groups in total. The van der Waals surface area contributed by atoms with E-state index in [-0.39, 0.29) is 0 Å². The van der Waals surface area contributed by atoms with Crippen molar-refractivity contribution in [2.45, 2.75) is 84.3 Å². The van der Waals surface area contributed by atoms with Crippen LogP contribution in [0.1, 0.15) is 78.1 Å². The van der Waals surface area contributed by atoms with E-state index in [4.69, 9.17) is 14.5 Å². The molecule has 0 fully saturated rings. The molecule has 6 heteroatoms. The van der Waals surface area contributed by atoms with Crippen LogP contribution in [0.4, 0.5) is 0 Å². The first-order valence-electron chi connectivity index (χ1n) is 7.85. The number of ether oxygens (including phenoxy) is 1. The van der Waals surface area contributed by atoms with Crippen LogP contribution in [0.25, 0.3) is 0 Å². The second kappa shape index (κ2) is 12.8. The van der Waals surface area contributed by atoms with Gasteiger partial charge >= 0.3 is 7.82 Å². The van der Waals surface area contributed by atoms with Gasteiger partial charge in [-0.05, 0) is 19.8 Å². The largest absolute Gasteiger partial charge is 0.471 e. The van der Waals surface area contributed by atoms with Gasteiger partial charge < -0.3 is 14.5 Å². The molecule has 0 aromatic rings. The number of phosphoric ester groups is 1. The van der Waals surface area contributed by atoms with Crippen LogP contribution in [0.2, 0.25) is 0 Å². The molecule has 0 saturated carbocycles. The second-order valence-corrected chi connectivity index (χ2v) is 6.29. The Kier molecular flexibility index (Phi) is 12.8. The molecule has 0 aliphatic heterocycles. The number of rotatable bonds is 14. The Morgan fingerprint density at radius 1 is 0.900 bits per heavy atom. The van der Waals surface area contributed by atoms with Crippen molar-refractivity contribution in [2.75, 3.05) is 6.61 Å². The monoisotopic (exact) mass is 310 g/mol. The predicted octanol–water partition coefficient (Wildman–Crippen LogP) is 4.38. The smallest absolute Gasteiger partial charge is 0.352 e. The molecule has 5 nitrogen and oxygen atoms in total. The lowest BCUT2D eigenvalue weighted by Gasteiger charge is -2.17. The maximum Gasteiger partial charge on any atom is 0.471 e. The fourth-order valence-electron chi connectivity index (χ4n) is 2.13. The van der Waals surface area contributed by atoms with E-state index in [2.05, 4.69) is 11.4 Å². The molecule has 0 spiro atoms. The van der Waals surface area contributed by atoms with Gasteiger partial charge in [-0.2, -0.15) is 0 Å². The van der Waals surface area contributed by atoms with Crippen molar-refractivity contribution in [3.63, 3.8) is 0 Å². The van der Waals surface area contributed by atoms with Crippen LogP contribution in [-0.2, 0) is 13.8 Å². The summed E-state index contributed by atoms with van der Waals surface area (Å²) in [7, 11) is -4.45.